The van der Waals surface area contributed by atoms with E-state index in [1.54, 1.807) is 10.5 Å². The molecule has 1 aromatic heterocycles. The van der Waals surface area contributed by atoms with Crippen LogP contribution in [0, 0.1) is 0 Å². The van der Waals surface area contributed by atoms with Crippen molar-refractivity contribution in [2.24, 2.45) is 7.05 Å². The topological polar surface area (TPSA) is 67.2 Å². The van der Waals surface area contributed by atoms with E-state index < -0.39 is 10.0 Å². The molecule has 1 fully saturated rings. The van der Waals surface area contributed by atoms with E-state index in [0.717, 1.165) is 15.9 Å². The largest absolute Gasteiger partial charge is 0.337 e. The van der Waals surface area contributed by atoms with Crippen LogP contribution in [0.2, 0.25) is 0 Å². The fourth-order valence-electron chi connectivity index (χ4n) is 2.81. The standard InChI is InChI=1S/C15H19BrN4O2S/c1-19-8-7-18-15(19)14-10-17-6-9-20(14)23(21,22)11-12-2-4-13(16)5-3-12/h2-5,7-8,14,17H,6,9-11H2,1H3. The Bertz CT molecular complexity index is 773. The monoisotopic (exact) mass is 398 g/mol. The lowest BCUT2D eigenvalue weighted by Crippen LogP contribution is -2.49. The van der Waals surface area contributed by atoms with Crippen molar-refractivity contribution >= 4 is 26.0 Å². The Morgan fingerprint density at radius 1 is 1.35 bits per heavy atom. The van der Waals surface area contributed by atoms with Gasteiger partial charge in [0.25, 0.3) is 0 Å². The minimum atomic E-state index is -3.42. The van der Waals surface area contributed by atoms with Crippen molar-refractivity contribution in [3.63, 3.8) is 0 Å². The van der Waals surface area contributed by atoms with Gasteiger partial charge in [0.05, 0.1) is 11.8 Å². The molecule has 8 heteroatoms. The fraction of sp³-hybridized carbons (Fsp3) is 0.400. The summed E-state index contributed by atoms with van der Waals surface area (Å²) in [6, 6.07) is 7.11. The number of benzene rings is 1. The molecule has 124 valence electrons. The Balaban J connectivity index is 1.87. The molecule has 0 amide bonds. The van der Waals surface area contributed by atoms with Crippen LogP contribution < -0.4 is 5.32 Å². The summed E-state index contributed by atoms with van der Waals surface area (Å²) in [6.07, 6.45) is 3.53. The van der Waals surface area contributed by atoms with E-state index in [9.17, 15) is 8.42 Å². The molecule has 0 radical (unpaired) electrons. The molecule has 23 heavy (non-hydrogen) atoms. The van der Waals surface area contributed by atoms with Crippen molar-refractivity contribution in [1.29, 1.82) is 0 Å². The molecule has 1 aromatic carbocycles. The zero-order valence-corrected chi connectivity index (χ0v) is 15.2. The molecule has 1 atom stereocenters. The quantitative estimate of drug-likeness (QED) is 0.850. The Kier molecular flexibility index (Phi) is 4.86. The van der Waals surface area contributed by atoms with Crippen LogP contribution in [0.4, 0.5) is 0 Å². The van der Waals surface area contributed by atoms with Gasteiger partial charge in [-0.25, -0.2) is 13.4 Å². The average Bonchev–Trinajstić information content (AvgIpc) is 2.95. The summed E-state index contributed by atoms with van der Waals surface area (Å²) < 4.78 is 30.2. The molecule has 0 spiro atoms. The fourth-order valence-corrected chi connectivity index (χ4v) is 4.78. The van der Waals surface area contributed by atoms with Crippen LogP contribution in [0.5, 0.6) is 0 Å². The van der Waals surface area contributed by atoms with Crippen LogP contribution in [-0.2, 0) is 22.8 Å². The summed E-state index contributed by atoms with van der Waals surface area (Å²) in [5.74, 6) is 0.762. The molecule has 1 aliphatic heterocycles. The molecule has 0 aliphatic carbocycles. The highest BCUT2D eigenvalue weighted by molar-refractivity contribution is 9.10. The number of halogens is 1. The Morgan fingerprint density at radius 2 is 2.09 bits per heavy atom. The maximum absolute atomic E-state index is 12.9. The molecule has 0 saturated carbocycles. The van der Waals surface area contributed by atoms with Crippen molar-refractivity contribution in [2.75, 3.05) is 19.6 Å². The highest BCUT2D eigenvalue weighted by Crippen LogP contribution is 2.26. The van der Waals surface area contributed by atoms with Gasteiger partial charge >= 0.3 is 0 Å². The van der Waals surface area contributed by atoms with Crippen LogP contribution in [0.1, 0.15) is 17.4 Å². The summed E-state index contributed by atoms with van der Waals surface area (Å²) in [7, 11) is -1.53. The van der Waals surface area contributed by atoms with Crippen LogP contribution >= 0.6 is 15.9 Å². The van der Waals surface area contributed by atoms with Crippen LogP contribution in [0.25, 0.3) is 0 Å². The van der Waals surface area contributed by atoms with E-state index in [1.807, 2.05) is 42.1 Å². The predicted molar refractivity (Wildman–Crippen MR) is 92.3 cm³/mol. The Labute approximate surface area is 144 Å². The van der Waals surface area contributed by atoms with E-state index in [4.69, 9.17) is 0 Å². The van der Waals surface area contributed by atoms with Crippen LogP contribution in [0.3, 0.4) is 0 Å². The lowest BCUT2D eigenvalue weighted by molar-refractivity contribution is 0.258. The summed E-state index contributed by atoms with van der Waals surface area (Å²) in [5.41, 5.74) is 0.783. The van der Waals surface area contributed by atoms with Crippen LogP contribution in [-0.4, -0.2) is 41.9 Å². The summed E-state index contributed by atoms with van der Waals surface area (Å²) >= 11 is 3.37. The summed E-state index contributed by atoms with van der Waals surface area (Å²) in [4.78, 5) is 4.33. The van der Waals surface area contributed by atoms with Crippen molar-refractivity contribution < 1.29 is 8.42 Å². The van der Waals surface area contributed by atoms with Crippen molar-refractivity contribution in [3.05, 3.63) is 52.5 Å². The number of nitrogens with zero attached hydrogens (tertiary/aromatic N) is 3. The van der Waals surface area contributed by atoms with Gasteiger partial charge in [0, 0.05) is 43.5 Å². The molecule has 0 bridgehead atoms. The highest BCUT2D eigenvalue weighted by Gasteiger charge is 2.35. The maximum Gasteiger partial charge on any atom is 0.219 e. The molecule has 1 N–H and O–H groups in total. The van der Waals surface area contributed by atoms with Gasteiger partial charge in [0.2, 0.25) is 10.0 Å². The number of piperazine rings is 1. The second-order valence-corrected chi connectivity index (χ2v) is 8.45. The van der Waals surface area contributed by atoms with Gasteiger partial charge in [-0.3, -0.25) is 0 Å². The van der Waals surface area contributed by atoms with Gasteiger partial charge in [0.1, 0.15) is 5.82 Å². The van der Waals surface area contributed by atoms with Crippen molar-refractivity contribution in [2.45, 2.75) is 11.8 Å². The number of rotatable bonds is 4. The van der Waals surface area contributed by atoms with Gasteiger partial charge in [0.15, 0.2) is 0 Å². The maximum atomic E-state index is 12.9. The third-order valence-corrected chi connectivity index (χ3v) is 6.35. The third kappa shape index (κ3) is 3.65. The van der Waals surface area contributed by atoms with Gasteiger partial charge in [-0.1, -0.05) is 28.1 Å². The van der Waals surface area contributed by atoms with Gasteiger partial charge in [-0.05, 0) is 17.7 Å². The van der Waals surface area contributed by atoms with E-state index in [-0.39, 0.29) is 11.8 Å². The average molecular weight is 399 g/mol. The normalized spacial score (nSPS) is 19.8. The third-order valence-electron chi connectivity index (χ3n) is 3.97. The molecular formula is C15H19BrN4O2S. The minimum Gasteiger partial charge on any atom is -0.337 e. The number of imidazole rings is 1. The Hall–Kier alpha value is -1.22. The number of sulfonamides is 1. The molecule has 3 rings (SSSR count). The first-order chi connectivity index (χ1) is 11.0. The SMILES string of the molecule is Cn1ccnc1C1CNCCN1S(=O)(=O)Cc1ccc(Br)cc1. The van der Waals surface area contributed by atoms with Crippen LogP contribution in [0.15, 0.2) is 41.1 Å². The number of aryl methyl sites for hydroxylation is 1. The second-order valence-electron chi connectivity index (χ2n) is 5.61. The van der Waals surface area contributed by atoms with Crippen molar-refractivity contribution in [1.82, 2.24) is 19.2 Å². The summed E-state index contributed by atoms with van der Waals surface area (Å²) in [5, 5.41) is 3.26. The molecule has 1 unspecified atom stereocenters. The van der Waals surface area contributed by atoms with E-state index >= 15 is 0 Å². The predicted octanol–water partition coefficient (Wildman–Crippen LogP) is 1.66. The number of hydrogen-bond donors (Lipinski definition) is 1. The molecule has 2 aromatic rings. The Morgan fingerprint density at radius 3 is 2.74 bits per heavy atom. The second kappa shape index (κ2) is 6.72. The molecule has 1 saturated heterocycles. The smallest absolute Gasteiger partial charge is 0.219 e. The first-order valence-corrected chi connectivity index (χ1v) is 9.79. The van der Waals surface area contributed by atoms with Crippen molar-refractivity contribution in [3.8, 4) is 0 Å². The number of aromatic nitrogens is 2. The van der Waals surface area contributed by atoms with E-state index in [2.05, 4.69) is 26.2 Å². The number of hydrogen-bond acceptors (Lipinski definition) is 4. The highest BCUT2D eigenvalue weighted by atomic mass is 79.9. The van der Waals surface area contributed by atoms with E-state index in [0.29, 0.717) is 19.6 Å². The first-order valence-electron chi connectivity index (χ1n) is 7.39. The molecular weight excluding hydrogens is 380 g/mol. The van der Waals surface area contributed by atoms with E-state index in [1.165, 1.54) is 0 Å². The minimum absolute atomic E-state index is 0.00119. The molecule has 6 nitrogen and oxygen atoms in total. The number of nitrogens with one attached hydrogen (secondary N) is 1. The first kappa shape index (κ1) is 16.6. The van der Waals surface area contributed by atoms with Gasteiger partial charge in [-0.15, -0.1) is 0 Å². The lowest BCUT2D eigenvalue weighted by Gasteiger charge is -2.34. The van der Waals surface area contributed by atoms with Gasteiger partial charge in [-0.2, -0.15) is 4.31 Å². The zero-order valence-electron chi connectivity index (χ0n) is 12.8. The summed E-state index contributed by atoms with van der Waals surface area (Å²) in [6.45, 7) is 1.68. The lowest BCUT2D eigenvalue weighted by atomic mass is 10.2. The van der Waals surface area contributed by atoms with Gasteiger partial charge < -0.3 is 9.88 Å². The molecule has 2 heterocycles. The zero-order chi connectivity index (χ0) is 16.4. The molecule has 1 aliphatic rings.